The van der Waals surface area contributed by atoms with E-state index >= 15 is 0 Å². The van der Waals surface area contributed by atoms with E-state index in [4.69, 9.17) is 0 Å². The Kier molecular flexibility index (Phi) is 7.58. The molecule has 0 radical (unpaired) electrons. The maximum absolute atomic E-state index is 2.56. The molecule has 1 heteroatoms. The second-order valence-electron chi connectivity index (χ2n) is 16.2. The van der Waals surface area contributed by atoms with Gasteiger partial charge in [-0.25, -0.2) is 0 Å². The van der Waals surface area contributed by atoms with Crippen molar-refractivity contribution in [3.63, 3.8) is 0 Å². The van der Waals surface area contributed by atoms with Crippen LogP contribution in [0.2, 0.25) is 0 Å². The molecule has 0 saturated heterocycles. The number of hydrogen-bond donors (Lipinski definition) is 0. The van der Waals surface area contributed by atoms with E-state index in [9.17, 15) is 0 Å². The average molecular weight is 706 g/mol. The largest absolute Gasteiger partial charge is 0.309 e. The van der Waals surface area contributed by atoms with Crippen LogP contribution in [-0.4, -0.2) is 0 Å². The molecular weight excluding hydrogens is 663 g/mol. The highest BCUT2D eigenvalue weighted by Gasteiger charge is 2.45. The van der Waals surface area contributed by atoms with Crippen LogP contribution in [-0.2, 0) is 10.8 Å². The van der Waals surface area contributed by atoms with Crippen LogP contribution in [0.15, 0.2) is 188 Å². The molecule has 0 aromatic heterocycles. The smallest absolute Gasteiger partial charge is 0.0624 e. The molecule has 2 aliphatic rings. The van der Waals surface area contributed by atoms with Crippen molar-refractivity contribution in [2.24, 2.45) is 0 Å². The number of nitrogens with zero attached hydrogens (tertiary/aromatic N) is 1. The van der Waals surface area contributed by atoms with Crippen LogP contribution >= 0.6 is 0 Å². The van der Waals surface area contributed by atoms with Crippen molar-refractivity contribution in [2.75, 3.05) is 4.90 Å². The summed E-state index contributed by atoms with van der Waals surface area (Å²) in [6.45, 7) is 9.65. The van der Waals surface area contributed by atoms with Gasteiger partial charge in [0.25, 0.3) is 0 Å². The first-order valence-corrected chi connectivity index (χ1v) is 19.4. The zero-order valence-corrected chi connectivity index (χ0v) is 31.8. The summed E-state index contributed by atoms with van der Waals surface area (Å²) in [5.41, 5.74) is 21.4. The molecule has 0 bridgehead atoms. The van der Waals surface area contributed by atoms with E-state index in [1.54, 1.807) is 0 Å². The van der Waals surface area contributed by atoms with Crippen molar-refractivity contribution in [3.8, 4) is 55.6 Å². The lowest BCUT2D eigenvalue weighted by Gasteiger charge is -2.33. The topological polar surface area (TPSA) is 3.24 Å². The maximum Gasteiger partial charge on any atom is 0.0624 e. The number of fused-ring (bicyclic) bond motifs is 6. The van der Waals surface area contributed by atoms with Crippen molar-refractivity contribution in [1.82, 2.24) is 0 Å². The van der Waals surface area contributed by atoms with Crippen molar-refractivity contribution in [3.05, 3.63) is 210 Å². The zero-order valence-electron chi connectivity index (χ0n) is 31.8. The normalized spacial score (nSPS) is 14.1. The number of rotatable bonds is 6. The van der Waals surface area contributed by atoms with Crippen LogP contribution in [0.3, 0.4) is 0 Å². The van der Waals surface area contributed by atoms with Gasteiger partial charge < -0.3 is 4.90 Å². The Hall–Kier alpha value is -6.44. The predicted octanol–water partition coefficient (Wildman–Crippen LogP) is 14.8. The van der Waals surface area contributed by atoms with Gasteiger partial charge in [0.1, 0.15) is 0 Å². The first kappa shape index (κ1) is 33.2. The van der Waals surface area contributed by atoms with E-state index in [0.29, 0.717) is 0 Å². The molecule has 0 unspecified atom stereocenters. The van der Waals surface area contributed by atoms with Crippen LogP contribution in [0.4, 0.5) is 17.1 Å². The molecule has 0 aliphatic heterocycles. The predicted molar refractivity (Wildman–Crippen MR) is 233 cm³/mol. The summed E-state index contributed by atoms with van der Waals surface area (Å²) in [6.07, 6.45) is 0. The van der Waals surface area contributed by atoms with Gasteiger partial charge in [-0.3, -0.25) is 0 Å². The van der Waals surface area contributed by atoms with E-state index in [1.165, 1.54) is 83.6 Å². The molecule has 0 saturated carbocycles. The summed E-state index contributed by atoms with van der Waals surface area (Å²) >= 11 is 0. The van der Waals surface area contributed by atoms with E-state index in [-0.39, 0.29) is 10.8 Å². The Labute approximate surface area is 325 Å². The molecule has 0 spiro atoms. The zero-order chi connectivity index (χ0) is 37.3. The quantitative estimate of drug-likeness (QED) is 0.166. The first-order valence-electron chi connectivity index (χ1n) is 19.4. The van der Waals surface area contributed by atoms with Crippen LogP contribution in [0.1, 0.15) is 49.9 Å². The van der Waals surface area contributed by atoms with Crippen molar-refractivity contribution < 1.29 is 0 Å². The van der Waals surface area contributed by atoms with Gasteiger partial charge in [0.05, 0.1) is 5.69 Å². The lowest BCUT2D eigenvalue weighted by atomic mass is 9.77. The molecule has 8 aromatic carbocycles. The SMILES string of the molecule is CC1(C)c2ccccc2-c2c1cc1c(c2N(c2ccccc2)c2ccc(-c3ccc(-c4ccccc4)cc3)cc2)-c2ccc(-c3ccccc3)cc2C1(C)C. The third kappa shape index (κ3) is 5.22. The summed E-state index contributed by atoms with van der Waals surface area (Å²) in [6, 6.07) is 69.3. The Morgan fingerprint density at radius 1 is 0.309 bits per heavy atom. The molecule has 0 atom stereocenters. The Bertz CT molecular complexity index is 2700. The summed E-state index contributed by atoms with van der Waals surface area (Å²) in [4.78, 5) is 2.54. The standard InChI is InChI=1S/C54H43N/c1-53(2)46-23-15-14-22-44(46)50-48(53)35-49-51(45-33-30-41(34-47(45)54(49,3)4)37-18-10-6-11-19-37)52(50)55(42-20-12-7-13-21-42)43-31-28-40(29-32-43)39-26-24-38(25-27-39)36-16-8-5-9-17-36/h5-35H,1-4H3. The third-order valence-corrected chi connectivity index (χ3v) is 12.3. The maximum atomic E-state index is 2.56. The van der Waals surface area contributed by atoms with E-state index in [0.717, 1.165) is 11.4 Å². The second kappa shape index (κ2) is 12.6. The number of para-hydroxylation sites is 1. The third-order valence-electron chi connectivity index (χ3n) is 12.3. The van der Waals surface area contributed by atoms with Crippen LogP contribution in [0.5, 0.6) is 0 Å². The molecule has 264 valence electrons. The van der Waals surface area contributed by atoms with E-state index in [1.807, 2.05) is 0 Å². The molecule has 1 nitrogen and oxygen atoms in total. The highest BCUT2D eigenvalue weighted by atomic mass is 15.1. The Balaban J connectivity index is 1.20. The van der Waals surface area contributed by atoms with Crippen LogP contribution in [0, 0.1) is 0 Å². The van der Waals surface area contributed by atoms with Crippen molar-refractivity contribution in [2.45, 2.75) is 38.5 Å². The molecule has 0 N–H and O–H groups in total. The van der Waals surface area contributed by atoms with Gasteiger partial charge in [-0.1, -0.05) is 185 Å². The van der Waals surface area contributed by atoms with Gasteiger partial charge in [0.2, 0.25) is 0 Å². The minimum atomic E-state index is -0.206. The molecular formula is C54H43N. The molecule has 55 heavy (non-hydrogen) atoms. The summed E-state index contributed by atoms with van der Waals surface area (Å²) in [7, 11) is 0. The van der Waals surface area contributed by atoms with Gasteiger partial charge in [0, 0.05) is 33.3 Å². The van der Waals surface area contributed by atoms with E-state index < -0.39 is 0 Å². The fourth-order valence-electron chi connectivity index (χ4n) is 9.32. The average Bonchev–Trinajstić information content (AvgIpc) is 3.61. The highest BCUT2D eigenvalue weighted by Crippen LogP contribution is 2.62. The van der Waals surface area contributed by atoms with Crippen molar-refractivity contribution >= 4 is 17.1 Å². The minimum absolute atomic E-state index is 0.159. The Morgan fingerprint density at radius 3 is 1.29 bits per heavy atom. The number of hydrogen-bond acceptors (Lipinski definition) is 1. The Morgan fingerprint density at radius 2 is 0.709 bits per heavy atom. The first-order chi connectivity index (χ1) is 26.8. The highest BCUT2D eigenvalue weighted by molar-refractivity contribution is 6.06. The molecule has 0 heterocycles. The van der Waals surface area contributed by atoms with Gasteiger partial charge in [0.15, 0.2) is 0 Å². The molecule has 2 aliphatic carbocycles. The number of benzene rings is 8. The van der Waals surface area contributed by atoms with Crippen LogP contribution in [0.25, 0.3) is 55.6 Å². The van der Waals surface area contributed by atoms with Crippen molar-refractivity contribution in [1.29, 1.82) is 0 Å². The fourth-order valence-corrected chi connectivity index (χ4v) is 9.32. The summed E-state index contributed by atoms with van der Waals surface area (Å²) in [5, 5.41) is 0. The van der Waals surface area contributed by atoms with Gasteiger partial charge >= 0.3 is 0 Å². The lowest BCUT2D eigenvalue weighted by molar-refractivity contribution is 0.639. The fraction of sp³-hybridized carbons (Fsp3) is 0.111. The minimum Gasteiger partial charge on any atom is -0.309 e. The van der Waals surface area contributed by atoms with Gasteiger partial charge in [-0.05, 0) is 97.1 Å². The lowest BCUT2D eigenvalue weighted by Crippen LogP contribution is -2.20. The molecule has 8 aromatic rings. The monoisotopic (exact) mass is 705 g/mol. The molecule has 10 rings (SSSR count). The van der Waals surface area contributed by atoms with Gasteiger partial charge in [-0.15, -0.1) is 0 Å². The summed E-state index contributed by atoms with van der Waals surface area (Å²) in [5.74, 6) is 0. The van der Waals surface area contributed by atoms with Gasteiger partial charge in [-0.2, -0.15) is 0 Å². The summed E-state index contributed by atoms with van der Waals surface area (Å²) < 4.78 is 0. The number of anilines is 3. The van der Waals surface area contributed by atoms with Crippen LogP contribution < -0.4 is 4.90 Å². The molecule has 0 fully saturated rings. The molecule has 0 amide bonds. The second-order valence-corrected chi connectivity index (χ2v) is 16.2. The van der Waals surface area contributed by atoms with E-state index in [2.05, 4.69) is 221 Å².